The van der Waals surface area contributed by atoms with Crippen LogP contribution >= 0.6 is 23.8 Å². The molecule has 0 saturated carbocycles. The van der Waals surface area contributed by atoms with E-state index in [1.165, 1.54) is 18.2 Å². The topological polar surface area (TPSA) is 136 Å². The molecule has 0 amide bonds. The summed E-state index contributed by atoms with van der Waals surface area (Å²) in [6.07, 6.45) is 1.65. The predicted molar refractivity (Wildman–Crippen MR) is 139 cm³/mol. The first kappa shape index (κ1) is 24.3. The summed E-state index contributed by atoms with van der Waals surface area (Å²) >= 11 is 11.9. The Bertz CT molecular complexity index is 1510. The Morgan fingerprint density at radius 3 is 2.38 bits per heavy atom. The summed E-state index contributed by atoms with van der Waals surface area (Å²) in [5.41, 5.74) is 0.927. The molecule has 37 heavy (non-hydrogen) atoms. The van der Waals surface area contributed by atoms with E-state index in [2.05, 4.69) is 10.3 Å². The predicted octanol–water partition coefficient (Wildman–Crippen LogP) is 5.27. The Labute approximate surface area is 220 Å². The minimum absolute atomic E-state index is 0.0488. The molecule has 1 aliphatic rings. The first-order valence-corrected chi connectivity index (χ1v) is 11.7. The molecular formula is C26H18ClN3O6S. The molecule has 5 rings (SSSR count). The normalized spacial score (nSPS) is 17.0. The molecule has 186 valence electrons. The van der Waals surface area contributed by atoms with Crippen LogP contribution in [0.4, 0.5) is 5.69 Å². The fourth-order valence-electron chi connectivity index (χ4n) is 4.28. The van der Waals surface area contributed by atoms with E-state index in [4.69, 9.17) is 28.2 Å². The van der Waals surface area contributed by atoms with Gasteiger partial charge in [-0.05, 0) is 72.9 Å². The van der Waals surface area contributed by atoms with Gasteiger partial charge in [-0.2, -0.15) is 0 Å². The summed E-state index contributed by atoms with van der Waals surface area (Å²) in [7, 11) is 0. The molecule has 2 unspecified atom stereocenters. The van der Waals surface area contributed by atoms with Crippen LogP contribution in [0.3, 0.4) is 0 Å². The van der Waals surface area contributed by atoms with Crippen molar-refractivity contribution < 1.29 is 29.3 Å². The van der Waals surface area contributed by atoms with E-state index in [1.807, 2.05) is 12.1 Å². The molecule has 0 bridgehead atoms. The molecule has 4 N–H and O–H groups in total. The van der Waals surface area contributed by atoms with Gasteiger partial charge in [-0.25, -0.2) is 9.59 Å². The smallest absolute Gasteiger partial charge is 0.335 e. The van der Waals surface area contributed by atoms with Crippen LogP contribution in [-0.4, -0.2) is 37.4 Å². The molecule has 1 aliphatic heterocycles. The molecule has 2 aromatic heterocycles. The van der Waals surface area contributed by atoms with Crippen molar-refractivity contribution in [2.24, 2.45) is 0 Å². The van der Waals surface area contributed by atoms with E-state index < -0.39 is 24.0 Å². The van der Waals surface area contributed by atoms with Crippen LogP contribution in [-0.2, 0) is 0 Å². The van der Waals surface area contributed by atoms with Crippen molar-refractivity contribution >= 4 is 46.6 Å². The zero-order valence-corrected chi connectivity index (χ0v) is 20.4. The third kappa shape index (κ3) is 4.59. The van der Waals surface area contributed by atoms with Gasteiger partial charge < -0.3 is 30.0 Å². The fourth-order valence-corrected chi connectivity index (χ4v) is 4.78. The molecule has 3 heterocycles. The van der Waals surface area contributed by atoms with Crippen LogP contribution in [0.1, 0.15) is 44.3 Å². The van der Waals surface area contributed by atoms with Crippen LogP contribution in [0.2, 0.25) is 5.02 Å². The molecule has 11 heteroatoms. The summed E-state index contributed by atoms with van der Waals surface area (Å²) in [6, 6.07) is 16.0. The average Bonchev–Trinajstić information content (AvgIpc) is 3.50. The van der Waals surface area contributed by atoms with Crippen LogP contribution in [0, 0.1) is 0 Å². The number of halogens is 1. The third-order valence-corrected chi connectivity index (χ3v) is 6.47. The number of carboxylic acids is 2. The van der Waals surface area contributed by atoms with E-state index >= 15 is 0 Å². The Morgan fingerprint density at radius 1 is 1.00 bits per heavy atom. The Hall–Kier alpha value is -4.41. The number of pyridine rings is 1. The number of benzene rings is 2. The maximum atomic E-state index is 11.6. The van der Waals surface area contributed by atoms with Crippen LogP contribution < -0.4 is 10.2 Å². The van der Waals surface area contributed by atoms with Crippen molar-refractivity contribution in [2.75, 3.05) is 4.90 Å². The van der Waals surface area contributed by atoms with Gasteiger partial charge in [0.05, 0.1) is 28.6 Å². The standard InChI is InChI=1S/C26H18ClN3O6S/c27-16-4-5-19(31)18(12-16)30-23(22(29-26(30)37)17-3-1-2-8-28-17)21-7-6-20(36-21)13-9-14(24(32)33)11-15(10-13)25(34)35/h1-12,22-23,31H,(H,29,37)(H,32,33)(H,34,35). The van der Waals surface area contributed by atoms with Crippen molar-refractivity contribution in [3.63, 3.8) is 0 Å². The van der Waals surface area contributed by atoms with Crippen molar-refractivity contribution in [2.45, 2.75) is 12.1 Å². The number of anilines is 1. The van der Waals surface area contributed by atoms with Gasteiger partial charge in [0, 0.05) is 16.8 Å². The van der Waals surface area contributed by atoms with E-state index in [9.17, 15) is 24.9 Å². The SMILES string of the molecule is O=C(O)c1cc(C(=O)O)cc(-c2ccc(C3C(c4ccccn4)NC(=S)N3c3cc(Cl)ccc3O)o2)c1. The number of nitrogens with one attached hydrogen (secondary N) is 1. The Kier molecular flexibility index (Phi) is 6.28. The number of phenolic OH excluding ortho intramolecular Hbond substituents is 1. The highest BCUT2D eigenvalue weighted by molar-refractivity contribution is 7.80. The van der Waals surface area contributed by atoms with E-state index in [0.29, 0.717) is 27.3 Å². The van der Waals surface area contributed by atoms with Gasteiger partial charge in [0.15, 0.2) is 5.11 Å². The van der Waals surface area contributed by atoms with Gasteiger partial charge in [0.25, 0.3) is 0 Å². The number of rotatable bonds is 6. The fraction of sp³-hybridized carbons (Fsp3) is 0.0769. The van der Waals surface area contributed by atoms with Crippen molar-refractivity contribution in [1.29, 1.82) is 0 Å². The number of hydrogen-bond acceptors (Lipinski definition) is 6. The number of carbonyl (C=O) groups is 2. The maximum absolute atomic E-state index is 11.6. The number of hydrogen-bond donors (Lipinski definition) is 4. The molecule has 1 fully saturated rings. The van der Waals surface area contributed by atoms with Crippen LogP contribution in [0.5, 0.6) is 5.75 Å². The number of furan rings is 1. The molecule has 1 saturated heterocycles. The molecular weight excluding hydrogens is 518 g/mol. The van der Waals surface area contributed by atoms with Gasteiger partial charge in [0.1, 0.15) is 23.3 Å². The Balaban J connectivity index is 1.64. The molecule has 0 spiro atoms. The number of carboxylic acid groups (broad SMARTS) is 2. The van der Waals surface area contributed by atoms with E-state index in [0.717, 1.165) is 6.07 Å². The van der Waals surface area contributed by atoms with Gasteiger partial charge in [0.2, 0.25) is 0 Å². The van der Waals surface area contributed by atoms with Crippen molar-refractivity contribution in [3.05, 3.63) is 101 Å². The quantitative estimate of drug-likeness (QED) is 0.241. The third-order valence-electron chi connectivity index (χ3n) is 5.92. The highest BCUT2D eigenvalue weighted by Crippen LogP contribution is 2.45. The van der Waals surface area contributed by atoms with Crippen LogP contribution in [0.25, 0.3) is 11.3 Å². The number of aromatic nitrogens is 1. The number of aromatic carboxylic acids is 2. The lowest BCUT2D eigenvalue weighted by Crippen LogP contribution is -2.29. The average molecular weight is 536 g/mol. The molecule has 2 aromatic carbocycles. The van der Waals surface area contributed by atoms with Gasteiger partial charge in [-0.3, -0.25) is 4.98 Å². The van der Waals surface area contributed by atoms with Crippen LogP contribution in [0.15, 0.2) is 77.3 Å². The first-order valence-electron chi connectivity index (χ1n) is 10.9. The van der Waals surface area contributed by atoms with E-state index in [1.54, 1.807) is 41.4 Å². The van der Waals surface area contributed by atoms with Gasteiger partial charge in [-0.15, -0.1) is 0 Å². The minimum Gasteiger partial charge on any atom is -0.506 e. The van der Waals surface area contributed by atoms with E-state index in [-0.39, 0.29) is 28.2 Å². The summed E-state index contributed by atoms with van der Waals surface area (Å²) < 4.78 is 6.18. The highest BCUT2D eigenvalue weighted by atomic mass is 35.5. The number of aromatic hydroxyl groups is 1. The lowest BCUT2D eigenvalue weighted by molar-refractivity contribution is 0.0696. The molecule has 4 aromatic rings. The second-order valence-corrected chi connectivity index (χ2v) is 9.06. The monoisotopic (exact) mass is 535 g/mol. The summed E-state index contributed by atoms with van der Waals surface area (Å²) in [6.45, 7) is 0. The second kappa shape index (κ2) is 9.57. The van der Waals surface area contributed by atoms with Crippen molar-refractivity contribution in [1.82, 2.24) is 10.3 Å². The first-order chi connectivity index (χ1) is 17.7. The largest absolute Gasteiger partial charge is 0.506 e. The number of thiocarbonyl (C=S) groups is 1. The lowest BCUT2D eigenvalue weighted by Gasteiger charge is -2.26. The lowest BCUT2D eigenvalue weighted by atomic mass is 10.0. The summed E-state index contributed by atoms with van der Waals surface area (Å²) in [5, 5.41) is 33.5. The number of nitrogens with zero attached hydrogens (tertiary/aromatic N) is 2. The molecule has 0 aliphatic carbocycles. The minimum atomic E-state index is -1.26. The number of phenols is 1. The highest BCUT2D eigenvalue weighted by Gasteiger charge is 2.43. The summed E-state index contributed by atoms with van der Waals surface area (Å²) in [4.78, 5) is 29.3. The Morgan fingerprint density at radius 2 is 1.73 bits per heavy atom. The maximum Gasteiger partial charge on any atom is 0.335 e. The van der Waals surface area contributed by atoms with Crippen molar-refractivity contribution in [3.8, 4) is 17.1 Å². The zero-order chi connectivity index (χ0) is 26.3. The molecule has 9 nitrogen and oxygen atoms in total. The van der Waals surface area contributed by atoms with Gasteiger partial charge >= 0.3 is 11.9 Å². The molecule has 2 atom stereocenters. The second-order valence-electron chi connectivity index (χ2n) is 8.24. The van der Waals surface area contributed by atoms with Gasteiger partial charge in [-0.1, -0.05) is 17.7 Å². The zero-order valence-electron chi connectivity index (χ0n) is 18.8. The molecule has 0 radical (unpaired) electrons. The summed E-state index contributed by atoms with van der Waals surface area (Å²) in [5.74, 6) is -1.91.